The summed E-state index contributed by atoms with van der Waals surface area (Å²) in [5.41, 5.74) is 0. The van der Waals surface area contributed by atoms with Gasteiger partial charge >= 0.3 is 0 Å². The zero-order valence-corrected chi connectivity index (χ0v) is 6.68. The Labute approximate surface area is 71.1 Å². The van der Waals surface area contributed by atoms with Crippen LogP contribution in [-0.2, 0) is 0 Å². The third-order valence-corrected chi connectivity index (χ3v) is 1.22. The van der Waals surface area contributed by atoms with E-state index in [0.717, 1.165) is 5.76 Å². The zero-order valence-electron chi connectivity index (χ0n) is 6.68. The first kappa shape index (κ1) is 8.74. The topological polar surface area (TPSA) is 45.7 Å². The van der Waals surface area contributed by atoms with Crippen LogP contribution in [0.25, 0.3) is 6.08 Å². The molecule has 0 aliphatic heterocycles. The Hall–Kier alpha value is -1.35. The first-order chi connectivity index (χ1) is 5.93. The molecule has 0 unspecified atom stereocenters. The van der Waals surface area contributed by atoms with Crippen LogP contribution in [0.2, 0.25) is 0 Å². The summed E-state index contributed by atoms with van der Waals surface area (Å²) in [6.07, 6.45) is 6.83. The fourth-order valence-corrected chi connectivity index (χ4v) is 0.717. The van der Waals surface area contributed by atoms with Crippen molar-refractivity contribution in [2.24, 2.45) is 4.99 Å². The molecule has 0 saturated carbocycles. The predicted octanol–water partition coefficient (Wildman–Crippen LogP) is 1.36. The van der Waals surface area contributed by atoms with Crippen LogP contribution in [-0.4, -0.2) is 24.5 Å². The highest BCUT2D eigenvalue weighted by molar-refractivity contribution is 5.77. The Kier molecular flexibility index (Phi) is 3.88. The van der Waals surface area contributed by atoms with Gasteiger partial charge < -0.3 is 9.52 Å². The molecule has 0 aromatic carbocycles. The second kappa shape index (κ2) is 5.32. The number of nitrogens with zero attached hydrogens (tertiary/aromatic N) is 1. The number of aliphatic hydroxyl groups excluding tert-OH is 1. The standard InChI is InChI=1S/C9H11NO2/c11-7-6-10-5-1-3-9-4-2-8-12-9/h1-5,8,11H,6-7H2. The average Bonchev–Trinajstić information content (AvgIpc) is 2.57. The van der Waals surface area contributed by atoms with Crippen molar-refractivity contribution >= 4 is 12.3 Å². The van der Waals surface area contributed by atoms with Crippen molar-refractivity contribution in [2.45, 2.75) is 0 Å². The first-order valence-corrected chi connectivity index (χ1v) is 3.74. The summed E-state index contributed by atoms with van der Waals surface area (Å²) >= 11 is 0. The van der Waals surface area contributed by atoms with Crippen LogP contribution in [0.4, 0.5) is 0 Å². The summed E-state index contributed by atoms with van der Waals surface area (Å²) in [7, 11) is 0. The van der Waals surface area contributed by atoms with Crippen LogP contribution in [0.15, 0.2) is 33.9 Å². The molecule has 0 bridgehead atoms. The van der Waals surface area contributed by atoms with E-state index in [0.29, 0.717) is 6.54 Å². The summed E-state index contributed by atoms with van der Waals surface area (Å²) in [4.78, 5) is 3.89. The quantitative estimate of drug-likeness (QED) is 0.684. The lowest BCUT2D eigenvalue weighted by molar-refractivity contribution is 0.307. The Morgan fingerprint density at radius 3 is 3.17 bits per heavy atom. The molecule has 1 aromatic rings. The van der Waals surface area contributed by atoms with Gasteiger partial charge in [-0.3, -0.25) is 4.99 Å². The van der Waals surface area contributed by atoms with Gasteiger partial charge in [-0.2, -0.15) is 0 Å². The van der Waals surface area contributed by atoms with E-state index in [4.69, 9.17) is 9.52 Å². The lowest BCUT2D eigenvalue weighted by atomic mass is 10.4. The van der Waals surface area contributed by atoms with Crippen molar-refractivity contribution in [1.82, 2.24) is 0 Å². The fraction of sp³-hybridized carbons (Fsp3) is 0.222. The number of rotatable bonds is 4. The van der Waals surface area contributed by atoms with Gasteiger partial charge in [0.2, 0.25) is 0 Å². The Bertz CT molecular complexity index is 250. The SMILES string of the molecule is OCCN=CC=Cc1ccco1. The van der Waals surface area contributed by atoms with Crippen molar-refractivity contribution in [3.63, 3.8) is 0 Å². The third kappa shape index (κ3) is 3.16. The summed E-state index contributed by atoms with van der Waals surface area (Å²) in [6, 6.07) is 3.68. The van der Waals surface area contributed by atoms with Gasteiger partial charge in [0, 0.05) is 6.21 Å². The van der Waals surface area contributed by atoms with Gasteiger partial charge in [0.05, 0.1) is 19.4 Å². The monoisotopic (exact) mass is 165 g/mol. The minimum atomic E-state index is 0.0884. The van der Waals surface area contributed by atoms with Crippen molar-refractivity contribution in [2.75, 3.05) is 13.2 Å². The molecule has 0 radical (unpaired) electrons. The Morgan fingerprint density at radius 2 is 2.50 bits per heavy atom. The number of allylic oxidation sites excluding steroid dienone is 1. The van der Waals surface area contributed by atoms with Gasteiger partial charge in [0.25, 0.3) is 0 Å². The van der Waals surface area contributed by atoms with Crippen LogP contribution in [0.5, 0.6) is 0 Å². The molecular weight excluding hydrogens is 154 g/mol. The van der Waals surface area contributed by atoms with E-state index in [9.17, 15) is 0 Å². The number of furan rings is 1. The highest BCUT2D eigenvalue weighted by Gasteiger charge is 1.83. The number of aliphatic hydroxyl groups is 1. The van der Waals surface area contributed by atoms with E-state index in [1.54, 1.807) is 24.6 Å². The maximum Gasteiger partial charge on any atom is 0.126 e. The molecule has 0 saturated heterocycles. The summed E-state index contributed by atoms with van der Waals surface area (Å²) in [5, 5.41) is 8.39. The fourth-order valence-electron chi connectivity index (χ4n) is 0.717. The largest absolute Gasteiger partial charge is 0.465 e. The second-order valence-corrected chi connectivity index (χ2v) is 2.15. The van der Waals surface area contributed by atoms with Gasteiger partial charge in [-0.05, 0) is 24.3 Å². The molecular formula is C9H11NO2. The first-order valence-electron chi connectivity index (χ1n) is 3.74. The molecule has 0 aliphatic carbocycles. The molecule has 3 heteroatoms. The number of hydrogen-bond donors (Lipinski definition) is 1. The maximum atomic E-state index is 8.39. The highest BCUT2D eigenvalue weighted by atomic mass is 16.3. The van der Waals surface area contributed by atoms with Gasteiger partial charge in [-0.25, -0.2) is 0 Å². The number of hydrogen-bond acceptors (Lipinski definition) is 3. The van der Waals surface area contributed by atoms with E-state index in [2.05, 4.69) is 4.99 Å². The number of aliphatic imine (C=N–C) groups is 1. The summed E-state index contributed by atoms with van der Waals surface area (Å²) in [5.74, 6) is 0.797. The van der Waals surface area contributed by atoms with Crippen LogP contribution in [0.3, 0.4) is 0 Å². The third-order valence-electron chi connectivity index (χ3n) is 1.22. The molecule has 0 amide bonds. The Morgan fingerprint density at radius 1 is 1.58 bits per heavy atom. The van der Waals surface area contributed by atoms with Crippen LogP contribution in [0, 0.1) is 0 Å². The molecule has 12 heavy (non-hydrogen) atoms. The van der Waals surface area contributed by atoms with E-state index in [1.807, 2.05) is 12.1 Å². The van der Waals surface area contributed by atoms with Crippen LogP contribution >= 0.6 is 0 Å². The van der Waals surface area contributed by atoms with Gasteiger partial charge in [-0.1, -0.05) is 0 Å². The molecule has 1 rings (SSSR count). The molecule has 0 fully saturated rings. The van der Waals surface area contributed by atoms with Gasteiger partial charge in [0.15, 0.2) is 0 Å². The summed E-state index contributed by atoms with van der Waals surface area (Å²) < 4.78 is 5.04. The minimum Gasteiger partial charge on any atom is -0.465 e. The molecule has 0 atom stereocenters. The predicted molar refractivity (Wildman–Crippen MR) is 48.2 cm³/mol. The van der Waals surface area contributed by atoms with E-state index < -0.39 is 0 Å². The highest BCUT2D eigenvalue weighted by Crippen LogP contribution is 2.00. The van der Waals surface area contributed by atoms with Gasteiger partial charge in [0.1, 0.15) is 5.76 Å². The zero-order chi connectivity index (χ0) is 8.65. The molecule has 1 heterocycles. The maximum absolute atomic E-state index is 8.39. The van der Waals surface area contributed by atoms with Crippen molar-refractivity contribution < 1.29 is 9.52 Å². The summed E-state index contributed by atoms with van der Waals surface area (Å²) in [6.45, 7) is 0.535. The van der Waals surface area contributed by atoms with E-state index in [1.165, 1.54) is 0 Å². The minimum absolute atomic E-state index is 0.0884. The lowest BCUT2D eigenvalue weighted by Gasteiger charge is -1.82. The molecule has 0 spiro atoms. The van der Waals surface area contributed by atoms with Crippen LogP contribution < -0.4 is 0 Å². The molecule has 64 valence electrons. The normalized spacial score (nSPS) is 11.8. The van der Waals surface area contributed by atoms with Crippen LogP contribution in [0.1, 0.15) is 5.76 Å². The van der Waals surface area contributed by atoms with Crippen molar-refractivity contribution in [3.8, 4) is 0 Å². The molecule has 0 aliphatic rings. The molecule has 3 nitrogen and oxygen atoms in total. The average molecular weight is 165 g/mol. The molecule has 1 N–H and O–H groups in total. The van der Waals surface area contributed by atoms with Crippen molar-refractivity contribution in [3.05, 3.63) is 30.2 Å². The Balaban J connectivity index is 2.31. The van der Waals surface area contributed by atoms with Gasteiger partial charge in [-0.15, -0.1) is 0 Å². The molecule has 1 aromatic heterocycles. The van der Waals surface area contributed by atoms with E-state index >= 15 is 0 Å². The van der Waals surface area contributed by atoms with E-state index in [-0.39, 0.29) is 6.61 Å². The lowest BCUT2D eigenvalue weighted by Crippen LogP contribution is -1.85. The smallest absolute Gasteiger partial charge is 0.126 e. The van der Waals surface area contributed by atoms with Crippen molar-refractivity contribution in [1.29, 1.82) is 0 Å². The second-order valence-electron chi connectivity index (χ2n) is 2.15.